The molecule has 2 aliphatic rings. The zero-order valence-corrected chi connectivity index (χ0v) is 21.7. The van der Waals surface area contributed by atoms with E-state index in [-0.39, 0.29) is 5.91 Å². The highest BCUT2D eigenvalue weighted by Crippen LogP contribution is 2.48. The second kappa shape index (κ2) is 10.7. The number of fused-ring (bicyclic) bond motifs is 1. The van der Waals surface area contributed by atoms with E-state index in [1.54, 1.807) is 77.9 Å². The van der Waals surface area contributed by atoms with Crippen molar-refractivity contribution in [2.75, 3.05) is 16.6 Å². The van der Waals surface area contributed by atoms with Crippen LogP contribution in [-0.4, -0.2) is 30.5 Å². The van der Waals surface area contributed by atoms with Crippen molar-refractivity contribution in [2.45, 2.75) is 19.1 Å². The molecule has 0 spiro atoms. The first kappa shape index (κ1) is 25.3. The summed E-state index contributed by atoms with van der Waals surface area (Å²) in [7, 11) is 0. The Labute approximate surface area is 231 Å². The number of imide groups is 1. The summed E-state index contributed by atoms with van der Waals surface area (Å²) in [6.07, 6.45) is -1.01. The van der Waals surface area contributed by atoms with Crippen LogP contribution in [0.15, 0.2) is 109 Å². The smallest absolute Gasteiger partial charge is 0.343 e. The molecular formula is C32H26N2O6. The Kier molecular flexibility index (Phi) is 6.76. The van der Waals surface area contributed by atoms with E-state index in [0.717, 1.165) is 5.56 Å². The number of para-hydroxylation sites is 3. The molecule has 6 rings (SSSR count). The molecule has 0 N–H and O–H groups in total. The lowest BCUT2D eigenvalue weighted by Gasteiger charge is -2.29. The van der Waals surface area contributed by atoms with Crippen molar-refractivity contribution < 1.29 is 28.7 Å². The molecular weight excluding hydrogens is 508 g/mol. The lowest BCUT2D eigenvalue weighted by molar-refractivity contribution is -0.126. The number of anilines is 2. The van der Waals surface area contributed by atoms with E-state index >= 15 is 0 Å². The summed E-state index contributed by atoms with van der Waals surface area (Å²) >= 11 is 0. The molecule has 200 valence electrons. The Balaban J connectivity index is 1.34. The van der Waals surface area contributed by atoms with Crippen molar-refractivity contribution in [1.29, 1.82) is 0 Å². The minimum atomic E-state index is -1.01. The summed E-state index contributed by atoms with van der Waals surface area (Å²) in [6, 6.07) is 31.4. The molecule has 2 aliphatic heterocycles. The van der Waals surface area contributed by atoms with Crippen LogP contribution < -0.4 is 19.4 Å². The maximum absolute atomic E-state index is 14.0. The molecule has 2 fully saturated rings. The minimum Gasteiger partial charge on any atom is -0.492 e. The van der Waals surface area contributed by atoms with E-state index in [2.05, 4.69) is 0 Å². The van der Waals surface area contributed by atoms with Gasteiger partial charge in [-0.2, -0.15) is 0 Å². The van der Waals surface area contributed by atoms with Gasteiger partial charge in [0.05, 0.1) is 29.6 Å². The molecule has 3 atom stereocenters. The average Bonchev–Trinajstić information content (AvgIpc) is 3.50. The standard InChI is InChI=1S/C32H26N2O6/c1-2-38-26-16-10-9-15-25(26)33-30(35)27-28(34(40-29(27)31(33)36)23-13-7-4-8-14-23)21-17-19-24(20-18-21)39-32(37)22-11-5-3-6-12-22/h3-20,27-29H,2H2,1H3/t27-,28+,29-/m1/s1. The first-order valence-corrected chi connectivity index (χ1v) is 13.0. The van der Waals surface area contributed by atoms with Gasteiger partial charge in [-0.25, -0.2) is 14.8 Å². The number of carbonyl (C=O) groups is 3. The Morgan fingerprint density at radius 2 is 1.45 bits per heavy atom. The van der Waals surface area contributed by atoms with Gasteiger partial charge in [-0.3, -0.25) is 14.4 Å². The number of nitrogens with zero attached hydrogens (tertiary/aromatic N) is 2. The normalized spacial score (nSPS) is 20.0. The topological polar surface area (TPSA) is 85.4 Å². The van der Waals surface area contributed by atoms with E-state index < -0.39 is 29.9 Å². The number of benzene rings is 4. The quantitative estimate of drug-likeness (QED) is 0.179. The summed E-state index contributed by atoms with van der Waals surface area (Å²) in [5.41, 5.74) is 2.28. The molecule has 2 amide bonds. The van der Waals surface area contributed by atoms with Crippen molar-refractivity contribution in [3.63, 3.8) is 0 Å². The van der Waals surface area contributed by atoms with Crippen LogP contribution in [-0.2, 0) is 14.4 Å². The maximum atomic E-state index is 14.0. The van der Waals surface area contributed by atoms with Crippen LogP contribution in [0.3, 0.4) is 0 Å². The summed E-state index contributed by atoms with van der Waals surface area (Å²) in [5.74, 6) is -1.28. The largest absolute Gasteiger partial charge is 0.492 e. The highest BCUT2D eigenvalue weighted by atomic mass is 16.7. The van der Waals surface area contributed by atoms with Crippen LogP contribution >= 0.6 is 0 Å². The van der Waals surface area contributed by atoms with E-state index in [1.807, 2.05) is 43.3 Å². The van der Waals surface area contributed by atoms with Gasteiger partial charge in [0.25, 0.3) is 5.91 Å². The third-order valence-electron chi connectivity index (χ3n) is 6.97. The predicted molar refractivity (Wildman–Crippen MR) is 148 cm³/mol. The third kappa shape index (κ3) is 4.48. The number of ether oxygens (including phenoxy) is 2. The van der Waals surface area contributed by atoms with Crippen molar-refractivity contribution in [1.82, 2.24) is 0 Å². The molecule has 0 saturated carbocycles. The van der Waals surface area contributed by atoms with Crippen LogP contribution in [0.5, 0.6) is 11.5 Å². The summed E-state index contributed by atoms with van der Waals surface area (Å²) in [4.78, 5) is 47.5. The van der Waals surface area contributed by atoms with Gasteiger partial charge in [0.1, 0.15) is 17.4 Å². The SMILES string of the molecule is CCOc1ccccc1N1C(=O)[C@H]2[C@@H](ON(c3ccccc3)[C@H]2c2ccc(OC(=O)c3ccccc3)cc2)C1=O. The van der Waals surface area contributed by atoms with Gasteiger partial charge in [-0.15, -0.1) is 0 Å². The summed E-state index contributed by atoms with van der Waals surface area (Å²) < 4.78 is 11.2. The number of rotatable bonds is 7. The van der Waals surface area contributed by atoms with Crippen molar-refractivity contribution in [2.24, 2.45) is 5.92 Å². The molecule has 0 aliphatic carbocycles. The second-order valence-electron chi connectivity index (χ2n) is 9.40. The van der Waals surface area contributed by atoms with Crippen molar-refractivity contribution in [3.8, 4) is 11.5 Å². The van der Waals surface area contributed by atoms with Gasteiger partial charge in [0, 0.05) is 0 Å². The molecule has 0 unspecified atom stereocenters. The Bertz CT molecular complexity index is 1540. The van der Waals surface area contributed by atoms with Crippen LogP contribution in [0.2, 0.25) is 0 Å². The average molecular weight is 535 g/mol. The molecule has 8 nitrogen and oxygen atoms in total. The Morgan fingerprint density at radius 3 is 2.15 bits per heavy atom. The van der Waals surface area contributed by atoms with Crippen LogP contribution in [0.4, 0.5) is 11.4 Å². The molecule has 4 aromatic rings. The van der Waals surface area contributed by atoms with Crippen LogP contribution in [0, 0.1) is 5.92 Å². The van der Waals surface area contributed by atoms with Gasteiger partial charge < -0.3 is 9.47 Å². The molecule has 8 heteroatoms. The zero-order valence-electron chi connectivity index (χ0n) is 21.7. The van der Waals surface area contributed by atoms with Gasteiger partial charge in [-0.1, -0.05) is 60.7 Å². The fourth-order valence-electron chi connectivity index (χ4n) is 5.18. The van der Waals surface area contributed by atoms with E-state index in [1.165, 1.54) is 4.90 Å². The fraction of sp³-hybridized carbons (Fsp3) is 0.156. The lowest BCUT2D eigenvalue weighted by Crippen LogP contribution is -2.37. The molecule has 0 aromatic heterocycles. The third-order valence-corrected chi connectivity index (χ3v) is 6.97. The van der Waals surface area contributed by atoms with Crippen molar-refractivity contribution >= 4 is 29.2 Å². The predicted octanol–water partition coefficient (Wildman–Crippen LogP) is 5.36. The Morgan fingerprint density at radius 1 is 0.800 bits per heavy atom. The number of esters is 1. The van der Waals surface area contributed by atoms with Crippen molar-refractivity contribution in [3.05, 3.63) is 120 Å². The van der Waals surface area contributed by atoms with E-state index in [9.17, 15) is 14.4 Å². The highest BCUT2D eigenvalue weighted by Gasteiger charge is 2.60. The first-order valence-electron chi connectivity index (χ1n) is 13.0. The second-order valence-corrected chi connectivity index (χ2v) is 9.40. The Hall–Kier alpha value is -4.95. The fourth-order valence-corrected chi connectivity index (χ4v) is 5.18. The van der Waals surface area contributed by atoms with E-state index in [0.29, 0.717) is 35.0 Å². The van der Waals surface area contributed by atoms with E-state index in [4.69, 9.17) is 14.3 Å². The minimum absolute atomic E-state index is 0.362. The molecule has 0 radical (unpaired) electrons. The maximum Gasteiger partial charge on any atom is 0.343 e. The highest BCUT2D eigenvalue weighted by molar-refractivity contribution is 6.24. The summed E-state index contributed by atoms with van der Waals surface area (Å²) in [6.45, 7) is 2.24. The number of hydrogen-bond donors (Lipinski definition) is 0. The van der Waals surface area contributed by atoms with Crippen LogP contribution in [0.1, 0.15) is 28.9 Å². The van der Waals surface area contributed by atoms with Gasteiger partial charge >= 0.3 is 5.97 Å². The molecule has 4 aromatic carbocycles. The summed E-state index contributed by atoms with van der Waals surface area (Å²) in [5, 5.41) is 1.63. The monoisotopic (exact) mass is 534 g/mol. The molecule has 2 heterocycles. The molecule has 0 bridgehead atoms. The van der Waals surface area contributed by atoms with Gasteiger partial charge in [0.2, 0.25) is 5.91 Å². The molecule has 2 saturated heterocycles. The van der Waals surface area contributed by atoms with Crippen LogP contribution in [0.25, 0.3) is 0 Å². The number of amides is 2. The zero-order chi connectivity index (χ0) is 27.6. The number of carbonyl (C=O) groups excluding carboxylic acids is 3. The number of hydrogen-bond acceptors (Lipinski definition) is 7. The van der Waals surface area contributed by atoms with Gasteiger partial charge in [-0.05, 0) is 61.0 Å². The lowest BCUT2D eigenvalue weighted by atomic mass is 9.90. The first-order chi connectivity index (χ1) is 19.6. The number of hydroxylamine groups is 1. The van der Waals surface area contributed by atoms with Gasteiger partial charge in [0.15, 0.2) is 6.10 Å². The molecule has 40 heavy (non-hydrogen) atoms.